The molecule has 0 aliphatic heterocycles. The summed E-state index contributed by atoms with van der Waals surface area (Å²) >= 11 is 0. The van der Waals surface area contributed by atoms with E-state index in [0.717, 1.165) is 35.2 Å². The molecule has 1 aliphatic carbocycles. The molecular formula is C24H27N5O2. The van der Waals surface area contributed by atoms with E-state index in [1.54, 1.807) is 12.4 Å². The van der Waals surface area contributed by atoms with Gasteiger partial charge >= 0.3 is 5.97 Å². The van der Waals surface area contributed by atoms with Gasteiger partial charge in [0, 0.05) is 36.1 Å². The van der Waals surface area contributed by atoms with Crippen LogP contribution in [0.2, 0.25) is 0 Å². The van der Waals surface area contributed by atoms with Crippen LogP contribution in [0, 0.1) is 11.5 Å². The van der Waals surface area contributed by atoms with Crippen LogP contribution >= 0.6 is 0 Å². The van der Waals surface area contributed by atoms with E-state index < -0.39 is 5.97 Å². The number of nitrogens with one attached hydrogen (secondary N) is 2. The van der Waals surface area contributed by atoms with Gasteiger partial charge < -0.3 is 15.7 Å². The lowest BCUT2D eigenvalue weighted by atomic mass is 9.97. The summed E-state index contributed by atoms with van der Waals surface area (Å²) in [5.74, 6) is -0.332. The molecule has 1 aromatic heterocycles. The largest absolute Gasteiger partial charge is 0.481 e. The molecule has 0 saturated heterocycles. The number of nitriles is 1. The number of rotatable bonds is 8. The number of aromatic nitrogens is 1. The van der Waals surface area contributed by atoms with Gasteiger partial charge in [0.2, 0.25) is 12.2 Å². The van der Waals surface area contributed by atoms with Gasteiger partial charge in [-0.2, -0.15) is 5.26 Å². The zero-order valence-electron chi connectivity index (χ0n) is 17.4. The van der Waals surface area contributed by atoms with E-state index in [1.165, 1.54) is 12.8 Å². The lowest BCUT2D eigenvalue weighted by Crippen LogP contribution is -2.37. The number of hydrogen-bond acceptors (Lipinski definition) is 4. The van der Waals surface area contributed by atoms with Crippen LogP contribution in [0.15, 0.2) is 59.9 Å². The number of unbranched alkanes of at least 4 members (excludes halogenated alkanes) is 1. The molecule has 7 nitrogen and oxygen atoms in total. The smallest absolute Gasteiger partial charge is 0.303 e. The minimum absolute atomic E-state index is 0.138. The average Bonchev–Trinajstić information content (AvgIpc) is 3.27. The molecule has 1 aromatic carbocycles. The highest BCUT2D eigenvalue weighted by Crippen LogP contribution is 2.26. The van der Waals surface area contributed by atoms with E-state index in [9.17, 15) is 4.79 Å². The molecule has 3 N–H and O–H groups in total. The highest BCUT2D eigenvalue weighted by Gasteiger charge is 2.16. The third-order valence-corrected chi connectivity index (χ3v) is 5.21. The fourth-order valence-electron chi connectivity index (χ4n) is 3.74. The predicted molar refractivity (Wildman–Crippen MR) is 121 cm³/mol. The molecule has 1 heterocycles. The summed E-state index contributed by atoms with van der Waals surface area (Å²) in [6.07, 6.45) is 13.3. The Morgan fingerprint density at radius 1 is 1.26 bits per heavy atom. The van der Waals surface area contributed by atoms with Crippen molar-refractivity contribution in [2.24, 2.45) is 4.99 Å². The number of allylic oxidation sites excluding steroid dienone is 1. The third kappa shape index (κ3) is 6.96. The molecule has 0 unspecified atom stereocenters. The fraction of sp³-hybridized carbons (Fsp3) is 0.333. The van der Waals surface area contributed by atoms with Gasteiger partial charge in [-0.3, -0.25) is 9.78 Å². The lowest BCUT2D eigenvalue weighted by Gasteiger charge is -2.17. The van der Waals surface area contributed by atoms with Crippen molar-refractivity contribution < 1.29 is 9.90 Å². The molecule has 0 atom stereocenters. The van der Waals surface area contributed by atoms with Crippen LogP contribution in [0.1, 0.15) is 56.1 Å². The van der Waals surface area contributed by atoms with Gasteiger partial charge in [0.25, 0.3) is 0 Å². The lowest BCUT2D eigenvalue weighted by molar-refractivity contribution is -0.137. The second kappa shape index (κ2) is 11.5. The van der Waals surface area contributed by atoms with Crippen molar-refractivity contribution >= 4 is 23.2 Å². The topological polar surface area (TPSA) is 110 Å². The van der Waals surface area contributed by atoms with Crippen LogP contribution in [-0.2, 0) is 4.79 Å². The van der Waals surface area contributed by atoms with Crippen LogP contribution in [-0.4, -0.2) is 28.1 Å². The van der Waals surface area contributed by atoms with Crippen molar-refractivity contribution in [3.05, 3.63) is 66.0 Å². The van der Waals surface area contributed by atoms with Gasteiger partial charge in [-0.1, -0.05) is 37.1 Å². The molecular weight excluding hydrogens is 390 g/mol. The number of carboxylic acids is 1. The van der Waals surface area contributed by atoms with Crippen molar-refractivity contribution in [1.29, 1.82) is 5.26 Å². The second-order valence-corrected chi connectivity index (χ2v) is 7.54. The first-order valence-corrected chi connectivity index (χ1v) is 10.6. The zero-order chi connectivity index (χ0) is 21.9. The van der Waals surface area contributed by atoms with Gasteiger partial charge in [0.15, 0.2) is 0 Å². The number of carbonyl (C=O) groups is 1. The van der Waals surface area contributed by atoms with Crippen LogP contribution in [0.25, 0.3) is 5.57 Å². The van der Waals surface area contributed by atoms with E-state index in [0.29, 0.717) is 24.8 Å². The molecule has 0 radical (unpaired) electrons. The molecule has 1 fully saturated rings. The summed E-state index contributed by atoms with van der Waals surface area (Å²) in [5, 5.41) is 24.5. The Balaban J connectivity index is 1.81. The maximum absolute atomic E-state index is 10.8. The normalized spacial score (nSPS) is 14.8. The number of hydrogen-bond donors (Lipinski definition) is 3. The molecule has 1 aliphatic rings. The van der Waals surface area contributed by atoms with E-state index >= 15 is 0 Å². The van der Waals surface area contributed by atoms with Gasteiger partial charge in [0.05, 0.1) is 0 Å². The molecule has 1 saturated carbocycles. The Bertz CT molecular complexity index is 973. The van der Waals surface area contributed by atoms with Crippen molar-refractivity contribution in [3.8, 4) is 6.19 Å². The number of aliphatic carboxylic acids is 1. The number of aliphatic imine (C=N–C) groups is 1. The third-order valence-electron chi connectivity index (χ3n) is 5.21. The van der Waals surface area contributed by atoms with E-state index in [2.05, 4.69) is 26.7 Å². The first kappa shape index (κ1) is 22.0. The Morgan fingerprint density at radius 2 is 2.06 bits per heavy atom. The number of carboxylic acid groups (broad SMARTS) is 1. The molecule has 0 amide bonds. The molecule has 0 spiro atoms. The van der Waals surface area contributed by atoms with Gasteiger partial charge in [-0.25, -0.2) is 0 Å². The summed E-state index contributed by atoms with van der Waals surface area (Å²) < 4.78 is 0. The minimum atomic E-state index is -0.790. The maximum Gasteiger partial charge on any atom is 0.303 e. The predicted octanol–water partition coefficient (Wildman–Crippen LogP) is 4.55. The monoisotopic (exact) mass is 417 g/mol. The van der Waals surface area contributed by atoms with Crippen LogP contribution in [0.3, 0.4) is 0 Å². The van der Waals surface area contributed by atoms with Crippen LogP contribution in [0.4, 0.5) is 5.69 Å². The van der Waals surface area contributed by atoms with Gasteiger partial charge in [0.1, 0.15) is 0 Å². The second-order valence-electron chi connectivity index (χ2n) is 7.54. The molecule has 160 valence electrons. The Kier molecular flexibility index (Phi) is 8.18. The van der Waals surface area contributed by atoms with E-state index in [1.807, 2.05) is 42.6 Å². The quantitative estimate of drug-likeness (QED) is 0.252. The SMILES string of the molecule is N#CN=C(Nc1cccc(C(=CCCCC(=O)O)c2cccnc2)c1)NC1CCCC1. The molecule has 7 heteroatoms. The zero-order valence-corrected chi connectivity index (χ0v) is 17.4. The van der Waals surface area contributed by atoms with Crippen molar-refractivity contribution in [2.75, 3.05) is 5.32 Å². The summed E-state index contributed by atoms with van der Waals surface area (Å²) in [6.45, 7) is 0. The summed E-state index contributed by atoms with van der Waals surface area (Å²) in [7, 11) is 0. The number of anilines is 1. The Hall–Kier alpha value is -3.66. The number of pyridine rings is 1. The number of nitrogens with zero attached hydrogens (tertiary/aromatic N) is 3. The van der Waals surface area contributed by atoms with Crippen LogP contribution < -0.4 is 10.6 Å². The number of benzene rings is 1. The van der Waals surface area contributed by atoms with Crippen molar-refractivity contribution in [1.82, 2.24) is 10.3 Å². The standard InChI is InChI=1S/C24H27N5O2/c25-17-27-24(28-20-9-1-2-10-20)29-21-11-5-7-18(15-21)22(12-3-4-13-23(30)31)19-8-6-14-26-16-19/h5-8,11-12,14-16,20H,1-4,9-10,13H2,(H,30,31)(H2,27,28,29). The summed E-state index contributed by atoms with van der Waals surface area (Å²) in [4.78, 5) is 19.0. The Morgan fingerprint density at radius 3 is 2.77 bits per heavy atom. The van der Waals surface area contributed by atoms with Gasteiger partial charge in [-0.05, 0) is 55.0 Å². The van der Waals surface area contributed by atoms with Crippen LogP contribution in [0.5, 0.6) is 0 Å². The van der Waals surface area contributed by atoms with Crippen molar-refractivity contribution in [3.63, 3.8) is 0 Å². The highest BCUT2D eigenvalue weighted by molar-refractivity contribution is 5.95. The first-order valence-electron chi connectivity index (χ1n) is 10.6. The molecule has 0 bridgehead atoms. The molecule has 31 heavy (non-hydrogen) atoms. The highest BCUT2D eigenvalue weighted by atomic mass is 16.4. The first-order chi connectivity index (χ1) is 15.2. The Labute approximate surface area is 182 Å². The van der Waals surface area contributed by atoms with E-state index in [-0.39, 0.29) is 6.42 Å². The summed E-state index contributed by atoms with van der Waals surface area (Å²) in [5.41, 5.74) is 3.75. The number of guanidine groups is 1. The minimum Gasteiger partial charge on any atom is -0.481 e. The molecule has 2 aromatic rings. The fourth-order valence-corrected chi connectivity index (χ4v) is 3.74. The van der Waals surface area contributed by atoms with Crippen molar-refractivity contribution in [2.45, 2.75) is 51.0 Å². The molecule has 3 rings (SSSR count). The summed E-state index contributed by atoms with van der Waals surface area (Å²) in [6, 6.07) is 12.1. The van der Waals surface area contributed by atoms with E-state index in [4.69, 9.17) is 10.4 Å². The average molecular weight is 418 g/mol. The maximum atomic E-state index is 10.8. The van der Waals surface area contributed by atoms with Gasteiger partial charge in [-0.15, -0.1) is 4.99 Å².